The van der Waals surface area contributed by atoms with Gasteiger partial charge in [0, 0.05) is 11.5 Å². The third-order valence-corrected chi connectivity index (χ3v) is 2.82. The number of nitrogen functional groups attached to an aromatic ring is 1. The fraction of sp³-hybridized carbons (Fsp3) is 0.700. The van der Waals surface area contributed by atoms with Crippen LogP contribution in [0.3, 0.4) is 0 Å². The van der Waals surface area contributed by atoms with Gasteiger partial charge in [0.05, 0.1) is 5.69 Å². The zero-order valence-corrected chi connectivity index (χ0v) is 8.37. The fourth-order valence-electron chi connectivity index (χ4n) is 1.87. The van der Waals surface area contributed by atoms with Gasteiger partial charge in [-0.1, -0.05) is 25.9 Å². The predicted octanol–water partition coefficient (Wildman–Crippen LogP) is 2.50. The van der Waals surface area contributed by atoms with Gasteiger partial charge in [0.2, 0.25) is 5.88 Å². The van der Waals surface area contributed by atoms with Crippen LogP contribution in [0.2, 0.25) is 0 Å². The third-order valence-electron chi connectivity index (χ3n) is 2.82. The summed E-state index contributed by atoms with van der Waals surface area (Å²) in [6.45, 7) is 6.48. The maximum Gasteiger partial charge on any atom is 0.225 e. The molecule has 1 heterocycles. The van der Waals surface area contributed by atoms with Gasteiger partial charge in [-0.05, 0) is 18.3 Å². The minimum atomic E-state index is 0.411. The van der Waals surface area contributed by atoms with Gasteiger partial charge in [-0.2, -0.15) is 0 Å². The van der Waals surface area contributed by atoms with Crippen molar-refractivity contribution in [3.05, 3.63) is 11.3 Å². The van der Waals surface area contributed by atoms with E-state index in [9.17, 15) is 0 Å². The van der Waals surface area contributed by atoms with Crippen LogP contribution in [0.5, 0.6) is 0 Å². The highest BCUT2D eigenvalue weighted by molar-refractivity contribution is 5.44. The SMILES string of the molecule is CC(C)c1c(C2CC2C)noc1N. The number of nitrogens with two attached hydrogens (primary N) is 1. The van der Waals surface area contributed by atoms with Crippen LogP contribution >= 0.6 is 0 Å². The molecule has 3 nitrogen and oxygen atoms in total. The van der Waals surface area contributed by atoms with Gasteiger partial charge in [0.1, 0.15) is 0 Å². The highest BCUT2D eigenvalue weighted by atomic mass is 16.5. The summed E-state index contributed by atoms with van der Waals surface area (Å²) in [6, 6.07) is 0. The molecule has 0 bridgehead atoms. The van der Waals surface area contributed by atoms with Crippen molar-refractivity contribution in [3.8, 4) is 0 Å². The van der Waals surface area contributed by atoms with Crippen LogP contribution in [0.15, 0.2) is 4.52 Å². The first-order valence-electron chi connectivity index (χ1n) is 4.86. The minimum absolute atomic E-state index is 0.411. The average Bonchev–Trinajstić information content (AvgIpc) is 2.60. The Balaban J connectivity index is 2.35. The van der Waals surface area contributed by atoms with E-state index in [-0.39, 0.29) is 0 Å². The Bertz CT molecular complexity index is 317. The number of rotatable bonds is 2. The minimum Gasteiger partial charge on any atom is -0.367 e. The summed E-state index contributed by atoms with van der Waals surface area (Å²) in [5.74, 6) is 2.26. The largest absolute Gasteiger partial charge is 0.367 e. The number of nitrogens with zero attached hydrogens (tertiary/aromatic N) is 1. The van der Waals surface area contributed by atoms with Crippen molar-refractivity contribution in [1.82, 2.24) is 5.16 Å². The maximum atomic E-state index is 5.72. The molecule has 1 aromatic rings. The van der Waals surface area contributed by atoms with E-state index in [0.717, 1.165) is 17.2 Å². The van der Waals surface area contributed by atoms with E-state index in [2.05, 4.69) is 25.9 Å². The normalized spacial score (nSPS) is 26.8. The van der Waals surface area contributed by atoms with Crippen LogP contribution in [0.25, 0.3) is 0 Å². The van der Waals surface area contributed by atoms with Gasteiger partial charge in [0.15, 0.2) is 0 Å². The Morgan fingerprint density at radius 2 is 2.15 bits per heavy atom. The highest BCUT2D eigenvalue weighted by Gasteiger charge is 2.39. The lowest BCUT2D eigenvalue weighted by atomic mass is 10.0. The molecule has 0 aliphatic heterocycles. The van der Waals surface area contributed by atoms with Crippen molar-refractivity contribution >= 4 is 5.88 Å². The second-order valence-electron chi connectivity index (χ2n) is 4.32. The third kappa shape index (κ3) is 1.32. The van der Waals surface area contributed by atoms with Crippen molar-refractivity contribution in [1.29, 1.82) is 0 Å². The van der Waals surface area contributed by atoms with Crippen LogP contribution in [0.4, 0.5) is 5.88 Å². The molecule has 2 N–H and O–H groups in total. The molecular weight excluding hydrogens is 164 g/mol. The Labute approximate surface area is 78.3 Å². The van der Waals surface area contributed by atoms with Crippen molar-refractivity contribution in [2.75, 3.05) is 5.73 Å². The second kappa shape index (κ2) is 2.76. The quantitative estimate of drug-likeness (QED) is 0.760. The molecule has 1 aliphatic carbocycles. The van der Waals surface area contributed by atoms with Gasteiger partial charge >= 0.3 is 0 Å². The fourth-order valence-corrected chi connectivity index (χ4v) is 1.87. The molecule has 72 valence electrons. The zero-order valence-electron chi connectivity index (χ0n) is 8.37. The first-order valence-corrected chi connectivity index (χ1v) is 4.86. The van der Waals surface area contributed by atoms with E-state index in [1.165, 1.54) is 6.42 Å². The number of anilines is 1. The first-order chi connectivity index (χ1) is 6.11. The molecule has 0 aromatic carbocycles. The number of aromatic nitrogens is 1. The van der Waals surface area contributed by atoms with Gasteiger partial charge in [-0.25, -0.2) is 0 Å². The summed E-state index contributed by atoms with van der Waals surface area (Å²) in [5.41, 5.74) is 7.94. The maximum absolute atomic E-state index is 5.72. The van der Waals surface area contributed by atoms with Gasteiger partial charge in [0.25, 0.3) is 0 Å². The van der Waals surface area contributed by atoms with Crippen LogP contribution in [0.1, 0.15) is 50.3 Å². The average molecular weight is 180 g/mol. The summed E-state index contributed by atoms with van der Waals surface area (Å²) in [7, 11) is 0. The summed E-state index contributed by atoms with van der Waals surface area (Å²) in [6.07, 6.45) is 1.23. The molecule has 1 fully saturated rings. The molecule has 0 spiro atoms. The van der Waals surface area contributed by atoms with Crippen molar-refractivity contribution in [2.45, 2.75) is 39.0 Å². The van der Waals surface area contributed by atoms with Gasteiger partial charge in [-0.15, -0.1) is 0 Å². The van der Waals surface area contributed by atoms with Crippen molar-refractivity contribution in [2.24, 2.45) is 5.92 Å². The molecule has 1 saturated carbocycles. The molecule has 2 rings (SSSR count). The Morgan fingerprint density at radius 1 is 1.54 bits per heavy atom. The molecule has 0 saturated heterocycles. The second-order valence-corrected chi connectivity index (χ2v) is 4.32. The topological polar surface area (TPSA) is 52.0 Å². The van der Waals surface area contributed by atoms with E-state index >= 15 is 0 Å². The molecule has 2 atom stereocenters. The van der Waals surface area contributed by atoms with Gasteiger partial charge in [-0.3, -0.25) is 0 Å². The lowest BCUT2D eigenvalue weighted by molar-refractivity contribution is 0.426. The van der Waals surface area contributed by atoms with Crippen molar-refractivity contribution in [3.63, 3.8) is 0 Å². The van der Waals surface area contributed by atoms with E-state index in [4.69, 9.17) is 10.3 Å². The molecule has 13 heavy (non-hydrogen) atoms. The predicted molar refractivity (Wildman–Crippen MR) is 51.5 cm³/mol. The van der Waals surface area contributed by atoms with Crippen LogP contribution in [-0.2, 0) is 0 Å². The van der Waals surface area contributed by atoms with Crippen LogP contribution in [0, 0.1) is 5.92 Å². The molecule has 0 amide bonds. The van der Waals surface area contributed by atoms with Gasteiger partial charge < -0.3 is 10.3 Å². The van der Waals surface area contributed by atoms with E-state index in [1.807, 2.05) is 0 Å². The smallest absolute Gasteiger partial charge is 0.225 e. The molecular formula is C10H16N2O. The Hall–Kier alpha value is -0.990. The molecule has 0 radical (unpaired) electrons. The lowest BCUT2D eigenvalue weighted by Gasteiger charge is -2.03. The lowest BCUT2D eigenvalue weighted by Crippen LogP contribution is -1.96. The molecule has 1 aliphatic rings. The molecule has 2 unspecified atom stereocenters. The Morgan fingerprint density at radius 3 is 2.62 bits per heavy atom. The molecule has 1 aromatic heterocycles. The first kappa shape index (κ1) is 8.60. The van der Waals surface area contributed by atoms with E-state index in [0.29, 0.717) is 17.7 Å². The molecule has 3 heteroatoms. The van der Waals surface area contributed by atoms with Crippen LogP contribution in [-0.4, -0.2) is 5.16 Å². The summed E-state index contributed by atoms with van der Waals surface area (Å²) >= 11 is 0. The number of hydrogen-bond donors (Lipinski definition) is 1. The summed E-state index contributed by atoms with van der Waals surface area (Å²) in [4.78, 5) is 0. The van der Waals surface area contributed by atoms with Crippen molar-refractivity contribution < 1.29 is 4.52 Å². The van der Waals surface area contributed by atoms with E-state index < -0.39 is 0 Å². The van der Waals surface area contributed by atoms with Crippen LogP contribution < -0.4 is 5.73 Å². The zero-order chi connectivity index (χ0) is 9.59. The highest BCUT2D eigenvalue weighted by Crippen LogP contribution is 2.49. The van der Waals surface area contributed by atoms with E-state index in [1.54, 1.807) is 0 Å². The summed E-state index contributed by atoms with van der Waals surface area (Å²) < 4.78 is 5.03. The monoisotopic (exact) mass is 180 g/mol. The Kier molecular flexibility index (Phi) is 1.82. The number of hydrogen-bond acceptors (Lipinski definition) is 3. The summed E-state index contributed by atoms with van der Waals surface area (Å²) in [5, 5.41) is 4.05. The standard InChI is InChI=1S/C10H16N2O/c1-5(2)8-9(7-4-6(7)3)12-13-10(8)11/h5-7H,4,11H2,1-3H3.